The molecule has 1 heterocycles. The fourth-order valence-electron chi connectivity index (χ4n) is 2.34. The minimum absolute atomic E-state index is 0.691. The average Bonchev–Trinajstić information content (AvgIpc) is 2.68. The van der Waals surface area contributed by atoms with Crippen LogP contribution in [0.4, 0.5) is 0 Å². The second-order valence-electron chi connectivity index (χ2n) is 4.98. The Kier molecular flexibility index (Phi) is 4.73. The highest BCUT2D eigenvalue weighted by Gasteiger charge is 2.09. The molecule has 0 spiro atoms. The standard InChI is InChI=1S/C16H21ClN2O/c1-11-8-13(12(2)19(11)3)9-18-10-14-15(17)6-5-7-16(14)20-4/h5-8,18H,9-10H2,1-4H3. The van der Waals surface area contributed by atoms with Gasteiger partial charge in [-0.05, 0) is 37.6 Å². The molecule has 20 heavy (non-hydrogen) atoms. The number of methoxy groups -OCH3 is 1. The van der Waals surface area contributed by atoms with Crippen LogP contribution in [0.2, 0.25) is 5.02 Å². The van der Waals surface area contributed by atoms with E-state index < -0.39 is 0 Å². The number of ether oxygens (including phenoxy) is 1. The molecule has 2 rings (SSSR count). The average molecular weight is 293 g/mol. The van der Waals surface area contributed by atoms with Crippen LogP contribution in [-0.2, 0) is 20.1 Å². The Morgan fingerprint density at radius 1 is 1.25 bits per heavy atom. The first kappa shape index (κ1) is 14.9. The predicted molar refractivity (Wildman–Crippen MR) is 83.4 cm³/mol. The van der Waals surface area contributed by atoms with E-state index in [9.17, 15) is 0 Å². The van der Waals surface area contributed by atoms with Crippen LogP contribution in [0, 0.1) is 13.8 Å². The molecule has 108 valence electrons. The summed E-state index contributed by atoms with van der Waals surface area (Å²) in [6, 6.07) is 7.93. The van der Waals surface area contributed by atoms with Crippen LogP contribution in [0.3, 0.4) is 0 Å². The van der Waals surface area contributed by atoms with E-state index >= 15 is 0 Å². The first-order valence-corrected chi connectivity index (χ1v) is 7.06. The van der Waals surface area contributed by atoms with Gasteiger partial charge in [-0.1, -0.05) is 17.7 Å². The first-order valence-electron chi connectivity index (χ1n) is 6.68. The first-order chi connectivity index (χ1) is 9.54. The number of halogens is 1. The van der Waals surface area contributed by atoms with Crippen molar-refractivity contribution in [3.05, 3.63) is 51.8 Å². The molecule has 0 amide bonds. The second-order valence-corrected chi connectivity index (χ2v) is 5.39. The fraction of sp³-hybridized carbons (Fsp3) is 0.375. The number of benzene rings is 1. The van der Waals surface area contributed by atoms with Gasteiger partial charge in [0.1, 0.15) is 5.75 Å². The molecule has 1 N–H and O–H groups in total. The topological polar surface area (TPSA) is 26.2 Å². The molecule has 4 heteroatoms. The van der Waals surface area contributed by atoms with E-state index in [1.807, 2.05) is 18.2 Å². The Morgan fingerprint density at radius 3 is 2.60 bits per heavy atom. The third kappa shape index (κ3) is 3.00. The molecular formula is C16H21ClN2O. The van der Waals surface area contributed by atoms with E-state index in [2.05, 4.69) is 36.8 Å². The van der Waals surface area contributed by atoms with Crippen LogP contribution in [0.25, 0.3) is 0 Å². The van der Waals surface area contributed by atoms with Gasteiger partial charge in [-0.3, -0.25) is 0 Å². The van der Waals surface area contributed by atoms with Crippen LogP contribution in [0.15, 0.2) is 24.3 Å². The van der Waals surface area contributed by atoms with E-state index in [0.717, 1.165) is 22.9 Å². The van der Waals surface area contributed by atoms with Gasteiger partial charge in [0.05, 0.1) is 7.11 Å². The summed E-state index contributed by atoms with van der Waals surface area (Å²) in [5, 5.41) is 4.17. The Morgan fingerprint density at radius 2 is 2.00 bits per heavy atom. The molecule has 0 aliphatic rings. The molecule has 0 fully saturated rings. The molecule has 0 aliphatic carbocycles. The van der Waals surface area contributed by atoms with Gasteiger partial charge >= 0.3 is 0 Å². The Hall–Kier alpha value is -1.45. The van der Waals surface area contributed by atoms with Crippen LogP contribution < -0.4 is 10.1 Å². The maximum atomic E-state index is 6.23. The van der Waals surface area contributed by atoms with E-state index in [0.29, 0.717) is 6.54 Å². The Balaban J connectivity index is 2.05. The fourth-order valence-corrected chi connectivity index (χ4v) is 2.57. The smallest absolute Gasteiger partial charge is 0.124 e. The lowest BCUT2D eigenvalue weighted by atomic mass is 10.2. The van der Waals surface area contributed by atoms with Crippen molar-refractivity contribution in [1.82, 2.24) is 9.88 Å². The van der Waals surface area contributed by atoms with Crippen LogP contribution in [0.1, 0.15) is 22.5 Å². The third-order valence-electron chi connectivity index (χ3n) is 3.79. The summed E-state index contributed by atoms with van der Waals surface area (Å²) in [4.78, 5) is 0. The van der Waals surface area contributed by atoms with Gasteiger partial charge in [-0.2, -0.15) is 0 Å². The molecule has 0 unspecified atom stereocenters. The summed E-state index contributed by atoms with van der Waals surface area (Å²) in [6.45, 7) is 5.77. The number of hydrogen-bond acceptors (Lipinski definition) is 2. The molecule has 1 aromatic heterocycles. The maximum absolute atomic E-state index is 6.23. The second kappa shape index (κ2) is 6.33. The SMILES string of the molecule is COc1cccc(Cl)c1CNCc1cc(C)n(C)c1C. The highest BCUT2D eigenvalue weighted by atomic mass is 35.5. The molecule has 2 aromatic rings. The van der Waals surface area contributed by atoms with Crippen molar-refractivity contribution < 1.29 is 4.74 Å². The molecule has 0 radical (unpaired) electrons. The van der Waals surface area contributed by atoms with Gasteiger partial charge in [0.15, 0.2) is 0 Å². The summed E-state index contributed by atoms with van der Waals surface area (Å²) < 4.78 is 7.55. The molecule has 1 aromatic carbocycles. The summed E-state index contributed by atoms with van der Waals surface area (Å²) >= 11 is 6.23. The van der Waals surface area contributed by atoms with E-state index in [1.165, 1.54) is 17.0 Å². The quantitative estimate of drug-likeness (QED) is 0.911. The van der Waals surface area contributed by atoms with Gasteiger partial charge in [-0.15, -0.1) is 0 Å². The summed E-state index contributed by atoms with van der Waals surface area (Å²) in [5.41, 5.74) is 4.88. The van der Waals surface area contributed by atoms with Crippen molar-refractivity contribution in [2.45, 2.75) is 26.9 Å². The highest BCUT2D eigenvalue weighted by Crippen LogP contribution is 2.26. The molecule has 0 aliphatic heterocycles. The van der Waals surface area contributed by atoms with Gasteiger partial charge in [0.2, 0.25) is 0 Å². The zero-order chi connectivity index (χ0) is 14.7. The minimum atomic E-state index is 0.691. The van der Waals surface area contributed by atoms with E-state index in [-0.39, 0.29) is 0 Å². The van der Waals surface area contributed by atoms with Crippen LogP contribution in [-0.4, -0.2) is 11.7 Å². The van der Waals surface area contributed by atoms with Gasteiger partial charge < -0.3 is 14.6 Å². The van der Waals surface area contributed by atoms with Crippen LogP contribution in [0.5, 0.6) is 5.75 Å². The van der Waals surface area contributed by atoms with Crippen molar-refractivity contribution in [3.8, 4) is 5.75 Å². The van der Waals surface area contributed by atoms with Crippen molar-refractivity contribution in [2.75, 3.05) is 7.11 Å². The molecular weight excluding hydrogens is 272 g/mol. The van der Waals surface area contributed by atoms with Crippen molar-refractivity contribution in [1.29, 1.82) is 0 Å². The summed E-state index contributed by atoms with van der Waals surface area (Å²) in [5.74, 6) is 0.825. The van der Waals surface area contributed by atoms with E-state index in [1.54, 1.807) is 7.11 Å². The molecule has 0 atom stereocenters. The number of aryl methyl sites for hydroxylation is 1. The lowest BCUT2D eigenvalue weighted by Gasteiger charge is -2.11. The number of hydrogen-bond donors (Lipinski definition) is 1. The van der Waals surface area contributed by atoms with E-state index in [4.69, 9.17) is 16.3 Å². The zero-order valence-electron chi connectivity index (χ0n) is 12.5. The number of nitrogens with zero attached hydrogens (tertiary/aromatic N) is 1. The Labute approximate surface area is 125 Å². The summed E-state index contributed by atoms with van der Waals surface area (Å²) in [6.07, 6.45) is 0. The summed E-state index contributed by atoms with van der Waals surface area (Å²) in [7, 11) is 3.76. The largest absolute Gasteiger partial charge is 0.496 e. The minimum Gasteiger partial charge on any atom is -0.496 e. The predicted octanol–water partition coefficient (Wildman–Crippen LogP) is 3.59. The highest BCUT2D eigenvalue weighted by molar-refractivity contribution is 6.31. The zero-order valence-corrected chi connectivity index (χ0v) is 13.2. The monoisotopic (exact) mass is 292 g/mol. The molecule has 0 saturated heterocycles. The van der Waals surface area contributed by atoms with Gasteiger partial charge in [0, 0.05) is 42.1 Å². The lowest BCUT2D eigenvalue weighted by Crippen LogP contribution is -2.14. The normalized spacial score (nSPS) is 10.8. The van der Waals surface area contributed by atoms with Crippen molar-refractivity contribution >= 4 is 11.6 Å². The van der Waals surface area contributed by atoms with Gasteiger partial charge in [0.25, 0.3) is 0 Å². The third-order valence-corrected chi connectivity index (χ3v) is 4.15. The van der Waals surface area contributed by atoms with Crippen LogP contribution >= 0.6 is 11.6 Å². The van der Waals surface area contributed by atoms with Crippen molar-refractivity contribution in [3.63, 3.8) is 0 Å². The molecule has 3 nitrogen and oxygen atoms in total. The molecule has 0 bridgehead atoms. The number of nitrogens with one attached hydrogen (secondary N) is 1. The lowest BCUT2D eigenvalue weighted by molar-refractivity contribution is 0.407. The molecule has 0 saturated carbocycles. The maximum Gasteiger partial charge on any atom is 0.124 e. The van der Waals surface area contributed by atoms with Crippen molar-refractivity contribution in [2.24, 2.45) is 7.05 Å². The number of aromatic nitrogens is 1. The Bertz CT molecular complexity index is 605. The number of rotatable bonds is 5. The van der Waals surface area contributed by atoms with Gasteiger partial charge in [-0.25, -0.2) is 0 Å².